The molecule has 1 atom stereocenters. The lowest BCUT2D eigenvalue weighted by atomic mass is 9.75. The maximum atomic E-state index is 13.8. The first kappa shape index (κ1) is 12.4. The quantitative estimate of drug-likeness (QED) is 0.834. The number of ether oxygens (including phenoxy) is 1. The summed E-state index contributed by atoms with van der Waals surface area (Å²) in [5, 5.41) is 3.05. The molecule has 0 saturated carbocycles. The summed E-state index contributed by atoms with van der Waals surface area (Å²) in [6.07, 6.45) is 0. The van der Waals surface area contributed by atoms with E-state index in [1.807, 2.05) is 0 Å². The van der Waals surface area contributed by atoms with E-state index in [0.29, 0.717) is 25.3 Å². The number of rotatable bonds is 4. The molecule has 1 aromatic carbocycles. The standard InChI is InChI=1S/C12H16F2N2O/c1-16-11(12(5-15)6-17-7-12)9-3-2-8(13)4-10(9)14/h2-4,11,16H,5-7,15H2,1H3. The third-order valence-corrected chi connectivity index (χ3v) is 3.36. The van der Waals surface area contributed by atoms with Crippen molar-refractivity contribution < 1.29 is 13.5 Å². The maximum Gasteiger partial charge on any atom is 0.130 e. The monoisotopic (exact) mass is 242 g/mol. The van der Waals surface area contributed by atoms with E-state index in [4.69, 9.17) is 10.5 Å². The Kier molecular flexibility index (Phi) is 3.42. The van der Waals surface area contributed by atoms with Gasteiger partial charge in [0.05, 0.1) is 13.2 Å². The van der Waals surface area contributed by atoms with Gasteiger partial charge in [0.1, 0.15) is 11.6 Å². The van der Waals surface area contributed by atoms with E-state index in [9.17, 15) is 8.78 Å². The van der Waals surface area contributed by atoms with E-state index in [1.54, 1.807) is 7.05 Å². The second-order valence-electron chi connectivity index (χ2n) is 4.45. The first-order chi connectivity index (χ1) is 8.13. The van der Waals surface area contributed by atoms with E-state index in [2.05, 4.69) is 5.32 Å². The average Bonchev–Trinajstić information content (AvgIpc) is 2.24. The zero-order chi connectivity index (χ0) is 12.5. The molecule has 0 aliphatic carbocycles. The largest absolute Gasteiger partial charge is 0.380 e. The van der Waals surface area contributed by atoms with Crippen LogP contribution in [0.4, 0.5) is 8.78 Å². The van der Waals surface area contributed by atoms with Gasteiger partial charge in [0.25, 0.3) is 0 Å². The molecule has 1 saturated heterocycles. The molecule has 1 heterocycles. The summed E-state index contributed by atoms with van der Waals surface area (Å²) in [7, 11) is 1.74. The number of nitrogens with two attached hydrogens (primary N) is 1. The fourth-order valence-corrected chi connectivity index (χ4v) is 2.29. The van der Waals surface area contributed by atoms with E-state index in [-0.39, 0.29) is 11.5 Å². The number of nitrogens with one attached hydrogen (secondary N) is 1. The fourth-order valence-electron chi connectivity index (χ4n) is 2.29. The Morgan fingerprint density at radius 2 is 2.18 bits per heavy atom. The molecule has 1 aliphatic rings. The minimum Gasteiger partial charge on any atom is -0.380 e. The van der Waals surface area contributed by atoms with Crippen LogP contribution >= 0.6 is 0 Å². The van der Waals surface area contributed by atoms with Gasteiger partial charge in [-0.3, -0.25) is 0 Å². The van der Waals surface area contributed by atoms with Gasteiger partial charge in [0.15, 0.2) is 0 Å². The second kappa shape index (κ2) is 4.68. The van der Waals surface area contributed by atoms with Crippen LogP contribution in [0, 0.1) is 17.0 Å². The van der Waals surface area contributed by atoms with Crippen LogP contribution in [0.15, 0.2) is 18.2 Å². The minimum atomic E-state index is -0.576. The van der Waals surface area contributed by atoms with Gasteiger partial charge >= 0.3 is 0 Å². The summed E-state index contributed by atoms with van der Waals surface area (Å²) >= 11 is 0. The second-order valence-corrected chi connectivity index (χ2v) is 4.45. The summed E-state index contributed by atoms with van der Waals surface area (Å²) < 4.78 is 31.8. The Hall–Kier alpha value is -1.04. The van der Waals surface area contributed by atoms with Crippen LogP contribution < -0.4 is 11.1 Å². The molecule has 1 aliphatic heterocycles. The van der Waals surface area contributed by atoms with Crippen molar-refractivity contribution in [3.63, 3.8) is 0 Å². The van der Waals surface area contributed by atoms with Crippen LogP contribution in [-0.2, 0) is 4.74 Å². The van der Waals surface area contributed by atoms with Crippen molar-refractivity contribution in [2.24, 2.45) is 11.1 Å². The molecule has 1 aromatic rings. The van der Waals surface area contributed by atoms with E-state index in [0.717, 1.165) is 6.07 Å². The topological polar surface area (TPSA) is 47.3 Å². The molecular formula is C12H16F2N2O. The summed E-state index contributed by atoms with van der Waals surface area (Å²) in [6.45, 7) is 1.38. The molecule has 94 valence electrons. The molecule has 3 N–H and O–H groups in total. The predicted molar refractivity (Wildman–Crippen MR) is 60.5 cm³/mol. The zero-order valence-electron chi connectivity index (χ0n) is 9.67. The fraction of sp³-hybridized carbons (Fsp3) is 0.500. The first-order valence-corrected chi connectivity index (χ1v) is 5.53. The van der Waals surface area contributed by atoms with Crippen molar-refractivity contribution in [2.75, 3.05) is 26.8 Å². The molecule has 5 heteroatoms. The summed E-state index contributed by atoms with van der Waals surface area (Å²) in [6, 6.07) is 3.35. The van der Waals surface area contributed by atoms with Gasteiger partial charge in [-0.05, 0) is 13.1 Å². The lowest BCUT2D eigenvalue weighted by Crippen LogP contribution is -2.55. The van der Waals surface area contributed by atoms with Gasteiger partial charge in [-0.15, -0.1) is 0 Å². The third-order valence-electron chi connectivity index (χ3n) is 3.36. The lowest BCUT2D eigenvalue weighted by Gasteiger charge is -2.46. The Labute approximate surface area is 98.9 Å². The predicted octanol–water partition coefficient (Wildman–Crippen LogP) is 1.20. The van der Waals surface area contributed by atoms with Crippen LogP contribution in [0.3, 0.4) is 0 Å². The molecule has 0 spiro atoms. The summed E-state index contributed by atoms with van der Waals surface area (Å²) in [5.41, 5.74) is 5.88. The number of benzene rings is 1. The Morgan fingerprint density at radius 1 is 1.47 bits per heavy atom. The minimum absolute atomic E-state index is 0.262. The van der Waals surface area contributed by atoms with Crippen molar-refractivity contribution in [3.8, 4) is 0 Å². The molecule has 0 amide bonds. The lowest BCUT2D eigenvalue weighted by molar-refractivity contribution is -0.127. The van der Waals surface area contributed by atoms with Gasteiger partial charge in [-0.25, -0.2) is 8.78 Å². The third kappa shape index (κ3) is 2.06. The van der Waals surface area contributed by atoms with Crippen LogP contribution in [0.5, 0.6) is 0 Å². The Balaban J connectivity index is 2.35. The highest BCUT2D eigenvalue weighted by Crippen LogP contribution is 2.40. The van der Waals surface area contributed by atoms with Gasteiger partial charge in [0.2, 0.25) is 0 Å². The number of hydrogen-bond acceptors (Lipinski definition) is 3. The summed E-state index contributed by atoms with van der Waals surface area (Å²) in [5.74, 6) is -1.13. The van der Waals surface area contributed by atoms with Gasteiger partial charge in [0, 0.05) is 29.6 Å². The van der Waals surface area contributed by atoms with Crippen molar-refractivity contribution in [2.45, 2.75) is 6.04 Å². The molecule has 1 fully saturated rings. The van der Waals surface area contributed by atoms with Crippen LogP contribution in [0.1, 0.15) is 11.6 Å². The zero-order valence-corrected chi connectivity index (χ0v) is 9.67. The van der Waals surface area contributed by atoms with Crippen molar-refractivity contribution in [1.29, 1.82) is 0 Å². The van der Waals surface area contributed by atoms with Crippen LogP contribution in [0.2, 0.25) is 0 Å². The molecule has 17 heavy (non-hydrogen) atoms. The molecule has 0 aromatic heterocycles. The van der Waals surface area contributed by atoms with Gasteiger partial charge in [-0.2, -0.15) is 0 Å². The highest BCUT2D eigenvalue weighted by Gasteiger charge is 2.45. The number of halogens is 2. The van der Waals surface area contributed by atoms with Crippen molar-refractivity contribution in [1.82, 2.24) is 5.32 Å². The summed E-state index contributed by atoms with van der Waals surface area (Å²) in [4.78, 5) is 0. The Morgan fingerprint density at radius 3 is 2.59 bits per heavy atom. The van der Waals surface area contributed by atoms with Crippen LogP contribution in [0.25, 0.3) is 0 Å². The normalized spacial score (nSPS) is 19.8. The molecule has 1 unspecified atom stereocenters. The Bertz CT molecular complexity index is 402. The number of hydrogen-bond donors (Lipinski definition) is 2. The van der Waals surface area contributed by atoms with E-state index >= 15 is 0 Å². The highest BCUT2D eigenvalue weighted by molar-refractivity contribution is 5.25. The molecule has 2 rings (SSSR count). The maximum absolute atomic E-state index is 13.8. The molecule has 0 radical (unpaired) electrons. The molecular weight excluding hydrogens is 226 g/mol. The van der Waals surface area contributed by atoms with Gasteiger partial charge < -0.3 is 15.8 Å². The first-order valence-electron chi connectivity index (χ1n) is 5.53. The smallest absolute Gasteiger partial charge is 0.130 e. The molecule has 3 nitrogen and oxygen atoms in total. The highest BCUT2D eigenvalue weighted by atomic mass is 19.1. The van der Waals surface area contributed by atoms with Crippen molar-refractivity contribution in [3.05, 3.63) is 35.4 Å². The molecule has 0 bridgehead atoms. The van der Waals surface area contributed by atoms with Gasteiger partial charge in [-0.1, -0.05) is 6.07 Å². The average molecular weight is 242 g/mol. The SMILES string of the molecule is CNC(c1ccc(F)cc1F)C1(CN)COC1. The van der Waals surface area contributed by atoms with E-state index < -0.39 is 11.6 Å². The van der Waals surface area contributed by atoms with Crippen molar-refractivity contribution >= 4 is 0 Å². The van der Waals surface area contributed by atoms with E-state index in [1.165, 1.54) is 12.1 Å². The van der Waals surface area contributed by atoms with Crippen LogP contribution in [-0.4, -0.2) is 26.8 Å².